The van der Waals surface area contributed by atoms with Crippen LogP contribution in [0.5, 0.6) is 0 Å². The maximum Gasteiger partial charge on any atom is 0.251 e. The molecule has 2 rings (SSSR count). The van der Waals surface area contributed by atoms with Gasteiger partial charge in [0.1, 0.15) is 0 Å². The first-order valence-corrected chi connectivity index (χ1v) is 9.31. The highest BCUT2D eigenvalue weighted by atomic mass is 32.2. The molecule has 0 saturated carbocycles. The fraction of sp³-hybridized carbons (Fsp3) is 0.353. The van der Waals surface area contributed by atoms with E-state index >= 15 is 0 Å². The number of hydrogen-bond donors (Lipinski definition) is 2. The maximum atomic E-state index is 12.4. The van der Waals surface area contributed by atoms with Crippen molar-refractivity contribution < 1.29 is 22.5 Å². The molecular weight excluding hydrogens is 342 g/mol. The van der Waals surface area contributed by atoms with E-state index in [1.165, 1.54) is 26.2 Å². The van der Waals surface area contributed by atoms with E-state index in [9.17, 15) is 13.2 Å². The number of nitrogens with zero attached hydrogens (tertiary/aromatic N) is 1. The standard InChI is InChI=1S/C17H23N3O4S/c1-19(2)15(16-9-6-10-24-16)12-18-17(21)13-7-5-8-14(11-13)25(22,23)20(3)4/h5-11,15H,12H2,1-4H3,(H,18,21)/p+1/t15-/m0/s1. The first-order valence-electron chi connectivity index (χ1n) is 7.87. The van der Waals surface area contributed by atoms with Crippen LogP contribution in [-0.2, 0) is 10.0 Å². The molecule has 25 heavy (non-hydrogen) atoms. The van der Waals surface area contributed by atoms with Gasteiger partial charge >= 0.3 is 0 Å². The van der Waals surface area contributed by atoms with Crippen LogP contribution in [0.15, 0.2) is 52.0 Å². The zero-order chi connectivity index (χ0) is 18.6. The lowest BCUT2D eigenvalue weighted by Gasteiger charge is -2.20. The second-order valence-corrected chi connectivity index (χ2v) is 8.32. The smallest absolute Gasteiger partial charge is 0.251 e. The molecule has 8 heteroatoms. The third-order valence-corrected chi connectivity index (χ3v) is 5.74. The van der Waals surface area contributed by atoms with Crippen molar-refractivity contribution in [1.82, 2.24) is 9.62 Å². The Labute approximate surface area is 148 Å². The van der Waals surface area contributed by atoms with E-state index in [-0.39, 0.29) is 16.8 Å². The van der Waals surface area contributed by atoms with Crippen LogP contribution in [0.4, 0.5) is 0 Å². The van der Waals surface area contributed by atoms with Crippen molar-refractivity contribution in [3.63, 3.8) is 0 Å². The van der Waals surface area contributed by atoms with Crippen LogP contribution in [0.3, 0.4) is 0 Å². The van der Waals surface area contributed by atoms with Gasteiger partial charge in [-0.15, -0.1) is 0 Å². The summed E-state index contributed by atoms with van der Waals surface area (Å²) in [7, 11) is 3.28. The number of sulfonamides is 1. The minimum Gasteiger partial charge on any atom is -0.463 e. The minimum atomic E-state index is -3.58. The van der Waals surface area contributed by atoms with Crippen molar-refractivity contribution >= 4 is 15.9 Å². The predicted molar refractivity (Wildman–Crippen MR) is 93.9 cm³/mol. The topological polar surface area (TPSA) is 84.1 Å². The minimum absolute atomic E-state index is 0.0346. The van der Waals surface area contributed by atoms with Gasteiger partial charge in [0.25, 0.3) is 5.91 Å². The molecule has 1 atom stereocenters. The molecular formula is C17H24N3O4S+. The first kappa shape index (κ1) is 19.2. The number of quaternary nitrogens is 1. The summed E-state index contributed by atoms with van der Waals surface area (Å²) in [5.74, 6) is 0.456. The summed E-state index contributed by atoms with van der Waals surface area (Å²) in [4.78, 5) is 13.6. The number of hydrogen-bond acceptors (Lipinski definition) is 4. The largest absolute Gasteiger partial charge is 0.463 e. The summed E-state index contributed by atoms with van der Waals surface area (Å²) in [5, 5.41) is 2.85. The lowest BCUT2D eigenvalue weighted by atomic mass is 10.2. The lowest BCUT2D eigenvalue weighted by molar-refractivity contribution is -0.891. The van der Waals surface area contributed by atoms with Gasteiger partial charge in [-0.05, 0) is 30.3 Å². The van der Waals surface area contributed by atoms with Gasteiger partial charge in [-0.2, -0.15) is 0 Å². The van der Waals surface area contributed by atoms with Crippen LogP contribution in [0.2, 0.25) is 0 Å². The Kier molecular flexibility index (Phi) is 5.99. The molecule has 2 N–H and O–H groups in total. The van der Waals surface area contributed by atoms with E-state index in [4.69, 9.17) is 4.42 Å². The summed E-state index contributed by atoms with van der Waals surface area (Å²) in [6, 6.07) is 9.65. The molecule has 0 spiro atoms. The Balaban J connectivity index is 2.13. The molecule has 1 amide bonds. The second-order valence-electron chi connectivity index (χ2n) is 6.17. The van der Waals surface area contributed by atoms with Gasteiger partial charge in [-0.1, -0.05) is 6.07 Å². The average Bonchev–Trinajstić information content (AvgIpc) is 3.08. The van der Waals surface area contributed by atoms with Gasteiger partial charge in [0.05, 0.1) is 31.8 Å². The van der Waals surface area contributed by atoms with Gasteiger partial charge in [-0.3, -0.25) is 4.79 Å². The van der Waals surface area contributed by atoms with Gasteiger partial charge < -0.3 is 14.6 Å². The molecule has 2 aromatic rings. The van der Waals surface area contributed by atoms with E-state index < -0.39 is 10.0 Å². The highest BCUT2D eigenvalue weighted by molar-refractivity contribution is 7.89. The number of carbonyl (C=O) groups excluding carboxylic acids is 1. The molecule has 7 nitrogen and oxygen atoms in total. The summed E-state index contributed by atoms with van der Waals surface area (Å²) in [5.41, 5.74) is 0.301. The molecule has 1 heterocycles. The first-order chi connectivity index (χ1) is 11.7. The Morgan fingerprint density at radius 2 is 1.96 bits per heavy atom. The molecule has 1 aromatic heterocycles. The lowest BCUT2D eigenvalue weighted by Crippen LogP contribution is -3.07. The van der Waals surface area contributed by atoms with Crippen molar-refractivity contribution in [2.75, 3.05) is 34.7 Å². The maximum absolute atomic E-state index is 12.4. The average molecular weight is 366 g/mol. The van der Waals surface area contributed by atoms with E-state index in [1.54, 1.807) is 18.4 Å². The molecule has 0 aliphatic heterocycles. The highest BCUT2D eigenvalue weighted by Crippen LogP contribution is 2.15. The number of benzene rings is 1. The van der Waals surface area contributed by atoms with Crippen molar-refractivity contribution in [2.24, 2.45) is 0 Å². The van der Waals surface area contributed by atoms with Crippen LogP contribution < -0.4 is 10.2 Å². The number of rotatable bonds is 7. The zero-order valence-corrected chi connectivity index (χ0v) is 15.6. The quantitative estimate of drug-likeness (QED) is 0.730. The molecule has 136 valence electrons. The SMILES string of the molecule is CN(C)S(=O)(=O)c1cccc(C(=O)NC[C@@H](c2ccco2)[NH+](C)C)c1. The van der Waals surface area contributed by atoms with Crippen LogP contribution in [0.1, 0.15) is 22.2 Å². The molecule has 0 aliphatic rings. The van der Waals surface area contributed by atoms with Gasteiger partial charge in [0.2, 0.25) is 10.0 Å². The summed E-state index contributed by atoms with van der Waals surface area (Å²) in [6.45, 7) is 0.374. The second kappa shape index (κ2) is 7.81. The van der Waals surface area contributed by atoms with Crippen molar-refractivity contribution in [2.45, 2.75) is 10.9 Å². The van der Waals surface area contributed by atoms with Crippen LogP contribution in [-0.4, -0.2) is 53.4 Å². The molecule has 0 aliphatic carbocycles. The number of amides is 1. The molecule has 0 saturated heterocycles. The van der Waals surface area contributed by atoms with Crippen LogP contribution >= 0.6 is 0 Å². The van der Waals surface area contributed by atoms with Crippen molar-refractivity contribution in [3.05, 3.63) is 54.0 Å². The fourth-order valence-corrected chi connectivity index (χ4v) is 3.33. The van der Waals surface area contributed by atoms with Gasteiger partial charge in [-0.25, -0.2) is 12.7 Å². The molecule has 0 radical (unpaired) electrons. The molecule has 0 bridgehead atoms. The summed E-state index contributed by atoms with van der Waals surface area (Å²) < 4.78 is 30.9. The third kappa shape index (κ3) is 4.47. The molecule has 0 unspecified atom stereocenters. The molecule has 1 aromatic carbocycles. The van der Waals surface area contributed by atoms with Crippen LogP contribution in [0, 0.1) is 0 Å². The normalized spacial score (nSPS) is 13.2. The van der Waals surface area contributed by atoms with E-state index in [2.05, 4.69) is 5.32 Å². The predicted octanol–water partition coefficient (Wildman–Crippen LogP) is 0.146. The Morgan fingerprint density at radius 3 is 2.52 bits per heavy atom. The number of carbonyl (C=O) groups is 1. The van der Waals surface area contributed by atoms with Gasteiger partial charge in [0.15, 0.2) is 11.8 Å². The van der Waals surface area contributed by atoms with Crippen molar-refractivity contribution in [3.8, 4) is 0 Å². The fourth-order valence-electron chi connectivity index (χ4n) is 2.38. The Bertz CT molecular complexity index is 814. The number of furan rings is 1. The third-order valence-electron chi connectivity index (χ3n) is 3.93. The van der Waals surface area contributed by atoms with Gasteiger partial charge in [0, 0.05) is 19.7 Å². The molecule has 0 fully saturated rings. The Hall–Kier alpha value is -2.16. The monoisotopic (exact) mass is 366 g/mol. The summed E-state index contributed by atoms with van der Waals surface area (Å²) >= 11 is 0. The number of likely N-dealkylation sites (N-methyl/N-ethyl adjacent to an activating group) is 1. The Morgan fingerprint density at radius 1 is 1.24 bits per heavy atom. The highest BCUT2D eigenvalue weighted by Gasteiger charge is 2.23. The van der Waals surface area contributed by atoms with E-state index in [1.807, 2.05) is 26.2 Å². The van der Waals surface area contributed by atoms with Crippen LogP contribution in [0.25, 0.3) is 0 Å². The zero-order valence-electron chi connectivity index (χ0n) is 14.8. The summed E-state index contributed by atoms with van der Waals surface area (Å²) in [6.07, 6.45) is 1.60. The number of nitrogens with one attached hydrogen (secondary N) is 2. The van der Waals surface area contributed by atoms with Crippen molar-refractivity contribution in [1.29, 1.82) is 0 Å². The van der Waals surface area contributed by atoms with E-state index in [0.29, 0.717) is 12.1 Å². The van der Waals surface area contributed by atoms with E-state index in [0.717, 1.165) is 15.0 Å².